The second-order valence-corrected chi connectivity index (χ2v) is 5.90. The van der Waals surface area contributed by atoms with Crippen LogP contribution in [0, 0.1) is 5.82 Å². The number of benzene rings is 1. The van der Waals surface area contributed by atoms with Crippen LogP contribution in [0.4, 0.5) is 4.39 Å². The molecule has 0 atom stereocenters. The normalized spacial score (nSPS) is 11.8. The van der Waals surface area contributed by atoms with Gasteiger partial charge in [-0.1, -0.05) is 16.8 Å². The molecule has 2 aromatic rings. The summed E-state index contributed by atoms with van der Waals surface area (Å²) in [6.07, 6.45) is 1.07. The Morgan fingerprint density at radius 1 is 1.45 bits per heavy atom. The zero-order chi connectivity index (χ0) is 14.8. The minimum atomic E-state index is -3.93. The summed E-state index contributed by atoms with van der Waals surface area (Å²) in [5.74, 6) is -0.698. The summed E-state index contributed by atoms with van der Waals surface area (Å²) in [4.78, 5) is 3.38. The first kappa shape index (κ1) is 14.9. The van der Waals surface area contributed by atoms with E-state index in [-0.39, 0.29) is 34.4 Å². The number of halogens is 2. The summed E-state index contributed by atoms with van der Waals surface area (Å²) in [5.41, 5.74) is 5.58. The van der Waals surface area contributed by atoms with Crippen LogP contribution in [0.25, 0.3) is 0 Å². The molecule has 1 aromatic heterocycles. The van der Waals surface area contributed by atoms with Gasteiger partial charge in [-0.25, -0.2) is 17.5 Å². The molecule has 0 bridgehead atoms. The van der Waals surface area contributed by atoms with Crippen LogP contribution < -0.4 is 10.5 Å². The lowest BCUT2D eigenvalue weighted by Crippen LogP contribution is -2.24. The van der Waals surface area contributed by atoms with Gasteiger partial charge in [0.05, 0.1) is 16.5 Å². The fourth-order valence-electron chi connectivity index (χ4n) is 1.44. The number of aromatic nitrogens is 2. The van der Waals surface area contributed by atoms with Crippen molar-refractivity contribution in [2.24, 2.45) is 5.73 Å². The standard InChI is InChI=1S/C10H10ClFN4O3S/c11-10-6(3-13)1-7(2-8(10)12)20(17,18)15-4-9-14-5-19-16-9/h1-2,5,15H,3-4,13H2. The molecule has 108 valence electrons. The third-order valence-corrected chi connectivity index (χ3v) is 4.24. The molecule has 20 heavy (non-hydrogen) atoms. The van der Waals surface area contributed by atoms with Gasteiger partial charge < -0.3 is 10.3 Å². The second-order valence-electron chi connectivity index (χ2n) is 3.75. The van der Waals surface area contributed by atoms with Gasteiger partial charge in [0.1, 0.15) is 5.82 Å². The summed E-state index contributed by atoms with van der Waals surface area (Å²) in [6, 6.07) is 2.03. The van der Waals surface area contributed by atoms with Gasteiger partial charge in [-0.3, -0.25) is 0 Å². The first-order valence-corrected chi connectivity index (χ1v) is 7.23. The van der Waals surface area contributed by atoms with Gasteiger partial charge in [-0.05, 0) is 17.7 Å². The maximum Gasteiger partial charge on any atom is 0.241 e. The molecule has 0 spiro atoms. The van der Waals surface area contributed by atoms with Crippen molar-refractivity contribution in [1.29, 1.82) is 0 Å². The second kappa shape index (κ2) is 5.83. The van der Waals surface area contributed by atoms with Gasteiger partial charge in [-0.15, -0.1) is 0 Å². The van der Waals surface area contributed by atoms with Crippen molar-refractivity contribution in [1.82, 2.24) is 14.9 Å². The molecule has 0 radical (unpaired) electrons. The van der Waals surface area contributed by atoms with Crippen LogP contribution in [-0.2, 0) is 23.1 Å². The molecule has 0 unspecified atom stereocenters. The molecule has 0 aliphatic heterocycles. The lowest BCUT2D eigenvalue weighted by Gasteiger charge is -2.08. The highest BCUT2D eigenvalue weighted by atomic mass is 35.5. The van der Waals surface area contributed by atoms with E-state index in [2.05, 4.69) is 19.4 Å². The van der Waals surface area contributed by atoms with E-state index >= 15 is 0 Å². The van der Waals surface area contributed by atoms with E-state index < -0.39 is 15.8 Å². The highest BCUT2D eigenvalue weighted by Crippen LogP contribution is 2.24. The molecular weight excluding hydrogens is 311 g/mol. The Hall–Kier alpha value is -1.55. The summed E-state index contributed by atoms with van der Waals surface area (Å²) < 4.78 is 44.3. The summed E-state index contributed by atoms with van der Waals surface area (Å²) in [6.45, 7) is -0.259. The van der Waals surface area contributed by atoms with Crippen molar-refractivity contribution in [3.8, 4) is 0 Å². The molecule has 1 aromatic carbocycles. The van der Waals surface area contributed by atoms with Crippen LogP contribution >= 0.6 is 11.6 Å². The van der Waals surface area contributed by atoms with E-state index in [1.54, 1.807) is 0 Å². The number of hydrogen-bond donors (Lipinski definition) is 2. The van der Waals surface area contributed by atoms with Gasteiger partial charge in [0.15, 0.2) is 5.82 Å². The highest BCUT2D eigenvalue weighted by molar-refractivity contribution is 7.89. The first-order chi connectivity index (χ1) is 9.44. The molecule has 0 amide bonds. The molecule has 10 heteroatoms. The fraction of sp³-hybridized carbons (Fsp3) is 0.200. The van der Waals surface area contributed by atoms with Crippen molar-refractivity contribution in [3.63, 3.8) is 0 Å². The number of nitrogens with zero attached hydrogens (tertiary/aromatic N) is 2. The van der Waals surface area contributed by atoms with Crippen LogP contribution in [0.1, 0.15) is 11.4 Å². The SMILES string of the molecule is NCc1cc(S(=O)(=O)NCc2ncon2)cc(F)c1Cl. The van der Waals surface area contributed by atoms with Crippen molar-refractivity contribution in [2.45, 2.75) is 18.0 Å². The Morgan fingerprint density at radius 3 is 2.80 bits per heavy atom. The van der Waals surface area contributed by atoms with Crippen molar-refractivity contribution in [3.05, 3.63) is 40.8 Å². The molecular formula is C10H10ClFN4O3S. The molecule has 0 aliphatic rings. The molecule has 0 saturated heterocycles. The fourth-order valence-corrected chi connectivity index (χ4v) is 2.66. The molecule has 1 heterocycles. The van der Waals surface area contributed by atoms with E-state index in [9.17, 15) is 12.8 Å². The van der Waals surface area contributed by atoms with Crippen LogP contribution in [-0.4, -0.2) is 18.6 Å². The van der Waals surface area contributed by atoms with Crippen LogP contribution in [0.2, 0.25) is 5.02 Å². The molecule has 3 N–H and O–H groups in total. The maximum atomic E-state index is 13.6. The van der Waals surface area contributed by atoms with E-state index in [0.717, 1.165) is 12.5 Å². The largest absolute Gasteiger partial charge is 0.343 e. The molecule has 0 aliphatic carbocycles. The Kier molecular flexibility index (Phi) is 4.33. The van der Waals surface area contributed by atoms with Crippen molar-refractivity contribution in [2.75, 3.05) is 0 Å². The molecule has 2 rings (SSSR count). The Labute approximate surface area is 119 Å². The molecule has 7 nitrogen and oxygen atoms in total. The zero-order valence-electron chi connectivity index (χ0n) is 10.0. The van der Waals surface area contributed by atoms with Crippen molar-refractivity contribution < 1.29 is 17.3 Å². The lowest BCUT2D eigenvalue weighted by atomic mass is 10.2. The quantitative estimate of drug-likeness (QED) is 0.843. The minimum Gasteiger partial charge on any atom is -0.343 e. The highest BCUT2D eigenvalue weighted by Gasteiger charge is 2.19. The first-order valence-electron chi connectivity index (χ1n) is 5.37. The van der Waals surface area contributed by atoms with Crippen LogP contribution in [0.5, 0.6) is 0 Å². The number of hydrogen-bond acceptors (Lipinski definition) is 6. The number of rotatable bonds is 5. The average molecular weight is 321 g/mol. The third-order valence-electron chi connectivity index (χ3n) is 2.43. The van der Waals surface area contributed by atoms with Crippen LogP contribution in [0.3, 0.4) is 0 Å². The monoisotopic (exact) mass is 320 g/mol. The number of nitrogens with one attached hydrogen (secondary N) is 1. The van der Waals surface area contributed by atoms with E-state index in [0.29, 0.717) is 0 Å². The minimum absolute atomic E-state index is 0.0794. The third kappa shape index (κ3) is 3.12. The smallest absolute Gasteiger partial charge is 0.241 e. The topological polar surface area (TPSA) is 111 Å². The van der Waals surface area contributed by atoms with E-state index in [1.165, 1.54) is 6.07 Å². The Balaban J connectivity index is 2.27. The van der Waals surface area contributed by atoms with Gasteiger partial charge in [0, 0.05) is 6.54 Å². The summed E-state index contributed by atoms with van der Waals surface area (Å²) in [7, 11) is -3.93. The Bertz CT molecular complexity index is 706. The predicted octanol–water partition coefficient (Wildman–Crippen LogP) is 0.799. The van der Waals surface area contributed by atoms with Gasteiger partial charge >= 0.3 is 0 Å². The molecule has 0 fully saturated rings. The van der Waals surface area contributed by atoms with E-state index in [1.807, 2.05) is 0 Å². The zero-order valence-corrected chi connectivity index (χ0v) is 11.6. The summed E-state index contributed by atoms with van der Waals surface area (Å²) in [5, 5.41) is 3.26. The van der Waals surface area contributed by atoms with Gasteiger partial charge in [0.25, 0.3) is 0 Å². The van der Waals surface area contributed by atoms with Crippen LogP contribution in [0.15, 0.2) is 27.9 Å². The predicted molar refractivity (Wildman–Crippen MR) is 67.6 cm³/mol. The lowest BCUT2D eigenvalue weighted by molar-refractivity contribution is 0.409. The number of nitrogens with two attached hydrogens (primary N) is 1. The van der Waals surface area contributed by atoms with Gasteiger partial charge in [-0.2, -0.15) is 4.98 Å². The Morgan fingerprint density at radius 2 is 2.20 bits per heavy atom. The van der Waals surface area contributed by atoms with Gasteiger partial charge in [0.2, 0.25) is 16.4 Å². The van der Waals surface area contributed by atoms with E-state index in [4.69, 9.17) is 17.3 Å². The number of sulfonamides is 1. The van der Waals surface area contributed by atoms with Crippen molar-refractivity contribution >= 4 is 21.6 Å². The maximum absolute atomic E-state index is 13.6. The molecule has 0 saturated carbocycles. The average Bonchev–Trinajstić information content (AvgIpc) is 2.92. The summed E-state index contributed by atoms with van der Waals surface area (Å²) >= 11 is 5.67.